The number of nitrogens with zero attached hydrogens (tertiary/aromatic N) is 3. The van der Waals surface area contributed by atoms with Gasteiger partial charge in [0, 0.05) is 31.4 Å². The van der Waals surface area contributed by atoms with Gasteiger partial charge in [-0.25, -0.2) is 4.79 Å². The molecule has 2 bridgehead atoms. The van der Waals surface area contributed by atoms with Gasteiger partial charge in [0.05, 0.1) is 11.6 Å². The molecule has 0 aliphatic carbocycles. The van der Waals surface area contributed by atoms with Crippen LogP contribution in [0.1, 0.15) is 36.8 Å². The third kappa shape index (κ3) is 6.22. The topological polar surface area (TPSA) is 71.4 Å². The van der Waals surface area contributed by atoms with Crippen LogP contribution < -0.4 is 10.6 Å². The zero-order chi connectivity index (χ0) is 24.0. The van der Waals surface area contributed by atoms with Crippen LogP contribution >= 0.6 is 0 Å². The molecule has 0 radical (unpaired) electrons. The molecule has 4 heterocycles. The van der Waals surface area contributed by atoms with Crippen LogP contribution in [-0.4, -0.2) is 61.1 Å². The van der Waals surface area contributed by atoms with Crippen molar-refractivity contribution in [2.45, 2.75) is 38.1 Å². The van der Waals surface area contributed by atoms with Crippen LogP contribution in [0.3, 0.4) is 0 Å². The second kappa shape index (κ2) is 11.2. The molecule has 4 fully saturated rings. The second-order valence-electron chi connectivity index (χ2n) is 10.7. The normalized spacial score (nSPS) is 26.7. The van der Waals surface area contributed by atoms with Crippen molar-refractivity contribution in [2.24, 2.45) is 17.8 Å². The number of hydrogen-bond acceptors (Lipinski definition) is 4. The first-order valence-electron chi connectivity index (χ1n) is 13.2. The fraction of sp³-hybridized carbons (Fsp3) is 0.517. The minimum absolute atomic E-state index is 0.197. The van der Waals surface area contributed by atoms with Gasteiger partial charge in [0.25, 0.3) is 0 Å². The van der Waals surface area contributed by atoms with Crippen molar-refractivity contribution in [3.8, 4) is 6.07 Å². The van der Waals surface area contributed by atoms with Crippen LogP contribution in [-0.2, 0) is 6.42 Å². The lowest BCUT2D eigenvalue weighted by atomic mass is 9.75. The average molecular weight is 472 g/mol. The zero-order valence-electron chi connectivity index (χ0n) is 20.5. The van der Waals surface area contributed by atoms with E-state index in [4.69, 9.17) is 5.26 Å². The fourth-order valence-corrected chi connectivity index (χ4v) is 6.37. The van der Waals surface area contributed by atoms with Crippen LogP contribution in [0.2, 0.25) is 0 Å². The molecule has 6 rings (SSSR count). The minimum Gasteiger partial charge on any atom is -0.336 e. The summed E-state index contributed by atoms with van der Waals surface area (Å²) in [6.45, 7) is 6.69. The van der Waals surface area contributed by atoms with Crippen molar-refractivity contribution in [1.82, 2.24) is 15.1 Å². The summed E-state index contributed by atoms with van der Waals surface area (Å²) in [7, 11) is 0. The van der Waals surface area contributed by atoms with E-state index in [0.29, 0.717) is 23.8 Å². The van der Waals surface area contributed by atoms with Gasteiger partial charge in [-0.15, -0.1) is 0 Å². The molecular weight excluding hydrogens is 434 g/mol. The van der Waals surface area contributed by atoms with E-state index < -0.39 is 0 Å². The molecule has 0 aromatic heterocycles. The lowest BCUT2D eigenvalue weighted by Crippen LogP contribution is -2.59. The van der Waals surface area contributed by atoms with E-state index in [1.165, 1.54) is 57.3 Å². The third-order valence-electron chi connectivity index (χ3n) is 8.33. The Labute approximate surface area is 209 Å². The number of carbonyl (C=O) groups excluding carboxylic acids is 1. The number of anilines is 1. The van der Waals surface area contributed by atoms with E-state index in [1.54, 1.807) is 18.2 Å². The van der Waals surface area contributed by atoms with Gasteiger partial charge >= 0.3 is 6.03 Å². The second-order valence-corrected chi connectivity index (χ2v) is 10.7. The summed E-state index contributed by atoms with van der Waals surface area (Å²) in [6, 6.07) is 20.3. The van der Waals surface area contributed by atoms with E-state index in [9.17, 15) is 4.79 Å². The summed E-state index contributed by atoms with van der Waals surface area (Å²) in [5.74, 6) is 2.35. The van der Waals surface area contributed by atoms with Crippen LogP contribution in [0.15, 0.2) is 54.6 Å². The first-order chi connectivity index (χ1) is 17.2. The number of nitrogens with one attached hydrogen (secondary N) is 2. The molecule has 6 heteroatoms. The van der Waals surface area contributed by atoms with Crippen molar-refractivity contribution < 1.29 is 4.79 Å². The maximum Gasteiger partial charge on any atom is 0.319 e. The molecule has 2 aromatic carbocycles. The Morgan fingerprint density at radius 1 is 1.03 bits per heavy atom. The largest absolute Gasteiger partial charge is 0.336 e. The summed E-state index contributed by atoms with van der Waals surface area (Å²) < 4.78 is 0. The fourth-order valence-electron chi connectivity index (χ4n) is 6.37. The Kier molecular flexibility index (Phi) is 7.66. The molecule has 0 spiro atoms. The Balaban J connectivity index is 1.04. The molecule has 2 aromatic rings. The van der Waals surface area contributed by atoms with Crippen LogP contribution in [0, 0.1) is 29.1 Å². The van der Waals surface area contributed by atoms with Crippen molar-refractivity contribution in [3.63, 3.8) is 0 Å². The number of carbonyl (C=O) groups is 1. The van der Waals surface area contributed by atoms with Gasteiger partial charge < -0.3 is 15.5 Å². The maximum atomic E-state index is 12.4. The van der Waals surface area contributed by atoms with E-state index in [0.717, 1.165) is 30.8 Å². The van der Waals surface area contributed by atoms with E-state index in [2.05, 4.69) is 56.8 Å². The van der Waals surface area contributed by atoms with E-state index in [1.807, 2.05) is 6.07 Å². The van der Waals surface area contributed by atoms with Gasteiger partial charge in [-0.05, 0) is 93.3 Å². The molecule has 4 saturated heterocycles. The number of hydrogen-bond donors (Lipinski definition) is 2. The highest BCUT2D eigenvalue weighted by atomic mass is 16.2. The molecule has 4 atom stereocenters. The Hall–Kier alpha value is -2.88. The van der Waals surface area contributed by atoms with E-state index >= 15 is 0 Å². The molecule has 4 aliphatic heterocycles. The smallest absolute Gasteiger partial charge is 0.319 e. The number of rotatable bonds is 7. The summed E-state index contributed by atoms with van der Waals surface area (Å²) in [5.41, 5.74) is 2.68. The number of likely N-dealkylation sites (tertiary alicyclic amines) is 1. The lowest BCUT2D eigenvalue weighted by molar-refractivity contribution is -0.0145. The molecule has 35 heavy (non-hydrogen) atoms. The highest BCUT2D eigenvalue weighted by Crippen LogP contribution is 2.37. The van der Waals surface area contributed by atoms with Crippen molar-refractivity contribution in [2.75, 3.05) is 44.6 Å². The number of urea groups is 1. The quantitative estimate of drug-likeness (QED) is 0.630. The van der Waals surface area contributed by atoms with Gasteiger partial charge in [0.1, 0.15) is 0 Å². The highest BCUT2D eigenvalue weighted by molar-refractivity contribution is 5.89. The van der Waals surface area contributed by atoms with Crippen molar-refractivity contribution in [1.29, 1.82) is 5.26 Å². The molecule has 4 aliphatic rings. The predicted molar refractivity (Wildman–Crippen MR) is 139 cm³/mol. The van der Waals surface area contributed by atoms with Gasteiger partial charge in [0.2, 0.25) is 0 Å². The molecular formula is C29H37N5O. The third-order valence-corrected chi connectivity index (χ3v) is 8.33. The standard InChI is InChI=1S/C29H37N5O/c30-18-24-7-4-8-27(16-24)32-29(35)31-19-28-17-25-11-14-34(28)21-26(25)20-33-12-9-23(10-13-33)15-22-5-2-1-3-6-22/h1-8,16,23,25-26,28H,9-15,17,19-21H2,(H2,31,32,35)/t25-,26-,28+/m0/s1. The van der Waals surface area contributed by atoms with Crippen molar-refractivity contribution >= 4 is 11.7 Å². The molecule has 184 valence electrons. The molecule has 1 unspecified atom stereocenters. The minimum atomic E-state index is -0.197. The number of piperidine rings is 4. The van der Waals surface area contributed by atoms with Gasteiger partial charge in [-0.3, -0.25) is 4.90 Å². The van der Waals surface area contributed by atoms with Crippen molar-refractivity contribution in [3.05, 3.63) is 65.7 Å². The summed E-state index contributed by atoms with van der Waals surface area (Å²) in [6.07, 6.45) is 6.32. The van der Waals surface area contributed by atoms with Crippen LogP contribution in [0.4, 0.5) is 10.5 Å². The Morgan fingerprint density at radius 3 is 2.60 bits per heavy atom. The Bertz CT molecular complexity index is 1030. The van der Waals surface area contributed by atoms with Crippen LogP contribution in [0.25, 0.3) is 0 Å². The van der Waals surface area contributed by atoms with Gasteiger partial charge in [-0.2, -0.15) is 5.26 Å². The van der Waals surface area contributed by atoms with Gasteiger partial charge in [0.15, 0.2) is 0 Å². The van der Waals surface area contributed by atoms with Crippen LogP contribution in [0.5, 0.6) is 0 Å². The molecule has 2 amide bonds. The highest BCUT2D eigenvalue weighted by Gasteiger charge is 2.40. The first kappa shape index (κ1) is 23.8. The number of benzene rings is 2. The number of nitriles is 1. The SMILES string of the molecule is N#Cc1cccc(NC(=O)NC[C@H]2C[C@@H]3CCN2C[C@@H]3CN2CCC(Cc3ccccc3)CC2)c1. The molecule has 0 saturated carbocycles. The average Bonchev–Trinajstić information content (AvgIpc) is 2.90. The number of amides is 2. The maximum absolute atomic E-state index is 12.4. The summed E-state index contributed by atoms with van der Waals surface area (Å²) >= 11 is 0. The lowest BCUT2D eigenvalue weighted by Gasteiger charge is -2.51. The number of fused-ring (bicyclic) bond motifs is 3. The monoisotopic (exact) mass is 471 g/mol. The van der Waals surface area contributed by atoms with E-state index in [-0.39, 0.29) is 6.03 Å². The molecule has 2 N–H and O–H groups in total. The zero-order valence-corrected chi connectivity index (χ0v) is 20.5. The predicted octanol–water partition coefficient (Wildman–Crippen LogP) is 4.34. The summed E-state index contributed by atoms with van der Waals surface area (Å²) in [5, 5.41) is 14.9. The molecule has 6 nitrogen and oxygen atoms in total. The van der Waals surface area contributed by atoms with Gasteiger partial charge in [-0.1, -0.05) is 36.4 Å². The first-order valence-corrected chi connectivity index (χ1v) is 13.2. The summed E-state index contributed by atoms with van der Waals surface area (Å²) in [4.78, 5) is 17.7. The Morgan fingerprint density at radius 2 is 1.86 bits per heavy atom.